The number of thiazole rings is 1. The van der Waals surface area contributed by atoms with Gasteiger partial charge >= 0.3 is 0 Å². The lowest BCUT2D eigenvalue weighted by Crippen LogP contribution is -2.21. The highest BCUT2D eigenvalue weighted by Crippen LogP contribution is 2.32. The fourth-order valence-corrected chi connectivity index (χ4v) is 5.60. The molecule has 2 N–H and O–H groups in total. The van der Waals surface area contributed by atoms with E-state index in [0.717, 1.165) is 11.1 Å². The van der Waals surface area contributed by atoms with Crippen molar-refractivity contribution >= 4 is 38.1 Å². The van der Waals surface area contributed by atoms with E-state index in [2.05, 4.69) is 26.1 Å². The molecule has 1 aliphatic rings. The maximum atomic E-state index is 12.9. The zero-order valence-corrected chi connectivity index (χ0v) is 18.9. The summed E-state index contributed by atoms with van der Waals surface area (Å²) >= 11 is 1.18. The Hall–Kier alpha value is -3.29. The molecule has 2 aromatic heterocycles. The summed E-state index contributed by atoms with van der Waals surface area (Å²) in [5.74, 6) is -0.711. The van der Waals surface area contributed by atoms with Crippen molar-refractivity contribution in [3.63, 3.8) is 0 Å². The first-order valence-corrected chi connectivity index (χ1v) is 12.6. The van der Waals surface area contributed by atoms with Gasteiger partial charge in [-0.25, -0.2) is 13.4 Å². The van der Waals surface area contributed by atoms with E-state index in [1.54, 1.807) is 29.8 Å². The smallest absolute Gasteiger partial charge is 0.237 e. The average Bonchev–Trinajstić information content (AvgIpc) is 3.57. The Morgan fingerprint density at radius 1 is 1.25 bits per heavy atom. The van der Waals surface area contributed by atoms with Crippen molar-refractivity contribution in [3.05, 3.63) is 59.4 Å². The molecule has 4 rings (SSSR count). The van der Waals surface area contributed by atoms with Crippen molar-refractivity contribution in [1.82, 2.24) is 9.97 Å². The molecule has 1 aromatic carbocycles. The monoisotopic (exact) mass is 467 g/mol. The number of rotatable bonds is 8. The molecule has 0 radical (unpaired) electrons. The standard InChI is InChI=1S/C22H21N5O3S2/c1-2-19(20-13-31-22(26-20)27-32(29,30)18-7-8-18)21(28)25-17-5-3-15(4-6-17)16-9-14(10-23)11-24-12-16/h3-6,9,11-13,18-19H,2,7-8H2,1H3,(H,25,28)(H,26,27). The maximum Gasteiger partial charge on any atom is 0.237 e. The van der Waals surface area contributed by atoms with Gasteiger partial charge in [0.1, 0.15) is 6.07 Å². The molecule has 10 heteroatoms. The van der Waals surface area contributed by atoms with E-state index >= 15 is 0 Å². The number of hydrogen-bond donors (Lipinski definition) is 2. The number of nitrogens with one attached hydrogen (secondary N) is 2. The van der Waals surface area contributed by atoms with Gasteiger partial charge in [-0.1, -0.05) is 19.1 Å². The Labute approximate surface area is 190 Å². The Kier molecular flexibility index (Phi) is 6.21. The van der Waals surface area contributed by atoms with Crippen molar-refractivity contribution in [3.8, 4) is 17.2 Å². The molecule has 1 aliphatic carbocycles. The van der Waals surface area contributed by atoms with E-state index in [4.69, 9.17) is 5.26 Å². The Balaban J connectivity index is 1.43. The number of pyridine rings is 1. The molecule has 0 saturated heterocycles. The molecule has 1 saturated carbocycles. The molecular formula is C22H21N5O3S2. The van der Waals surface area contributed by atoms with Crippen LogP contribution in [-0.2, 0) is 14.8 Å². The molecule has 1 amide bonds. The molecule has 0 aliphatic heterocycles. The lowest BCUT2D eigenvalue weighted by molar-refractivity contribution is -0.117. The van der Waals surface area contributed by atoms with Gasteiger partial charge in [-0.3, -0.25) is 14.5 Å². The van der Waals surface area contributed by atoms with Crippen LogP contribution in [0, 0.1) is 11.3 Å². The van der Waals surface area contributed by atoms with Crippen LogP contribution in [-0.4, -0.2) is 29.5 Å². The molecular weight excluding hydrogens is 446 g/mol. The number of nitriles is 1. The fraction of sp³-hybridized carbons (Fsp3) is 0.273. The second kappa shape index (κ2) is 9.06. The summed E-state index contributed by atoms with van der Waals surface area (Å²) in [5.41, 5.74) is 3.35. The summed E-state index contributed by atoms with van der Waals surface area (Å²) in [4.78, 5) is 21.3. The van der Waals surface area contributed by atoms with E-state index in [1.807, 2.05) is 19.1 Å². The van der Waals surface area contributed by atoms with Crippen LogP contribution in [0.2, 0.25) is 0 Å². The van der Waals surface area contributed by atoms with E-state index in [-0.39, 0.29) is 16.3 Å². The first-order valence-electron chi connectivity index (χ1n) is 10.1. The highest BCUT2D eigenvalue weighted by atomic mass is 32.2. The van der Waals surface area contributed by atoms with Gasteiger partial charge in [0.05, 0.1) is 22.4 Å². The molecule has 0 bridgehead atoms. The van der Waals surface area contributed by atoms with Crippen LogP contribution >= 0.6 is 11.3 Å². The highest BCUT2D eigenvalue weighted by molar-refractivity contribution is 7.93. The number of anilines is 2. The third-order valence-electron chi connectivity index (χ3n) is 5.15. The molecule has 2 heterocycles. The lowest BCUT2D eigenvalue weighted by atomic mass is 10.0. The van der Waals surface area contributed by atoms with Crippen LogP contribution in [0.5, 0.6) is 0 Å². The van der Waals surface area contributed by atoms with Crippen LogP contribution in [0.3, 0.4) is 0 Å². The van der Waals surface area contributed by atoms with Crippen LogP contribution in [0.15, 0.2) is 48.1 Å². The zero-order chi connectivity index (χ0) is 22.7. The normalized spacial score (nSPS) is 14.4. The van der Waals surface area contributed by atoms with Gasteiger partial charge in [0.15, 0.2) is 5.13 Å². The van der Waals surface area contributed by atoms with Crippen LogP contribution < -0.4 is 10.0 Å². The predicted molar refractivity (Wildman–Crippen MR) is 124 cm³/mol. The van der Waals surface area contributed by atoms with E-state index in [1.165, 1.54) is 17.5 Å². The predicted octanol–water partition coefficient (Wildman–Crippen LogP) is 4.11. The SMILES string of the molecule is CCC(C(=O)Nc1ccc(-c2cncc(C#N)c2)cc1)c1csc(NS(=O)(=O)C2CC2)n1. The molecule has 1 atom stereocenters. The van der Waals surface area contributed by atoms with Crippen molar-refractivity contribution in [2.45, 2.75) is 37.4 Å². The Morgan fingerprint density at radius 2 is 2.00 bits per heavy atom. The van der Waals surface area contributed by atoms with Gasteiger partial charge in [0.25, 0.3) is 0 Å². The van der Waals surface area contributed by atoms with Crippen molar-refractivity contribution in [1.29, 1.82) is 5.26 Å². The van der Waals surface area contributed by atoms with E-state index in [9.17, 15) is 13.2 Å². The maximum absolute atomic E-state index is 12.9. The Bertz CT molecular complexity index is 1280. The summed E-state index contributed by atoms with van der Waals surface area (Å²) in [6.07, 6.45) is 5.05. The summed E-state index contributed by atoms with van der Waals surface area (Å²) < 4.78 is 26.7. The first kappa shape index (κ1) is 21.9. The minimum Gasteiger partial charge on any atom is -0.326 e. The second-order valence-electron chi connectivity index (χ2n) is 7.53. The number of hydrogen-bond acceptors (Lipinski definition) is 7. The summed E-state index contributed by atoms with van der Waals surface area (Å²) in [6.45, 7) is 1.88. The van der Waals surface area contributed by atoms with Gasteiger partial charge in [0, 0.05) is 29.0 Å². The van der Waals surface area contributed by atoms with Gasteiger partial charge in [-0.05, 0) is 43.0 Å². The topological polar surface area (TPSA) is 125 Å². The van der Waals surface area contributed by atoms with E-state index in [0.29, 0.717) is 36.2 Å². The van der Waals surface area contributed by atoms with Crippen LogP contribution in [0.4, 0.5) is 10.8 Å². The van der Waals surface area contributed by atoms with Crippen molar-refractivity contribution in [2.75, 3.05) is 10.0 Å². The number of aromatic nitrogens is 2. The Morgan fingerprint density at radius 3 is 2.66 bits per heavy atom. The number of benzene rings is 1. The van der Waals surface area contributed by atoms with Gasteiger partial charge in [0.2, 0.25) is 15.9 Å². The zero-order valence-electron chi connectivity index (χ0n) is 17.3. The molecule has 164 valence electrons. The number of carbonyl (C=O) groups is 1. The van der Waals surface area contributed by atoms with Gasteiger partial charge in [-0.15, -0.1) is 11.3 Å². The highest BCUT2D eigenvalue weighted by Gasteiger charge is 2.36. The summed E-state index contributed by atoms with van der Waals surface area (Å²) in [5, 5.41) is 13.6. The molecule has 8 nitrogen and oxygen atoms in total. The van der Waals surface area contributed by atoms with Crippen LogP contribution in [0.1, 0.15) is 43.4 Å². The largest absolute Gasteiger partial charge is 0.326 e. The average molecular weight is 468 g/mol. The quantitative estimate of drug-likeness (QED) is 0.513. The number of nitrogens with zero attached hydrogens (tertiary/aromatic N) is 3. The van der Waals surface area contributed by atoms with Crippen molar-refractivity contribution < 1.29 is 13.2 Å². The molecule has 32 heavy (non-hydrogen) atoms. The first-order chi connectivity index (χ1) is 15.4. The number of carbonyl (C=O) groups excluding carboxylic acids is 1. The third kappa shape index (κ3) is 4.95. The van der Waals surface area contributed by atoms with E-state index < -0.39 is 15.9 Å². The van der Waals surface area contributed by atoms with Crippen LogP contribution in [0.25, 0.3) is 11.1 Å². The van der Waals surface area contributed by atoms with Crippen molar-refractivity contribution in [2.24, 2.45) is 0 Å². The second-order valence-corrected chi connectivity index (χ2v) is 10.3. The number of amides is 1. The third-order valence-corrected chi connectivity index (χ3v) is 7.88. The fourth-order valence-electron chi connectivity index (χ4n) is 3.24. The summed E-state index contributed by atoms with van der Waals surface area (Å²) in [7, 11) is -3.38. The number of sulfonamides is 1. The summed E-state index contributed by atoms with van der Waals surface area (Å²) in [6, 6.07) is 11.1. The molecule has 1 fully saturated rings. The molecule has 0 spiro atoms. The minimum atomic E-state index is -3.38. The van der Waals surface area contributed by atoms with Gasteiger partial charge in [-0.2, -0.15) is 5.26 Å². The lowest BCUT2D eigenvalue weighted by Gasteiger charge is -2.13. The molecule has 3 aromatic rings. The molecule has 1 unspecified atom stereocenters. The minimum absolute atomic E-state index is 0.213. The van der Waals surface area contributed by atoms with Gasteiger partial charge < -0.3 is 5.32 Å².